The average Bonchev–Trinajstić information content (AvgIpc) is 2.74. The summed E-state index contributed by atoms with van der Waals surface area (Å²) < 4.78 is 30.0. The van der Waals surface area contributed by atoms with E-state index in [9.17, 15) is 5.11 Å². The van der Waals surface area contributed by atoms with E-state index in [0.29, 0.717) is 5.56 Å². The Morgan fingerprint density at radius 3 is 2.20 bits per heavy atom. The van der Waals surface area contributed by atoms with Crippen LogP contribution < -0.4 is 0 Å². The fraction of sp³-hybridized carbons (Fsp3) is 0.407. The smallest absolute Gasteiger partial charge is 0.134 e. The van der Waals surface area contributed by atoms with Crippen LogP contribution in [0.4, 0.5) is 8.78 Å². The highest BCUT2D eigenvalue weighted by Crippen LogP contribution is 2.40. The van der Waals surface area contributed by atoms with Crippen molar-refractivity contribution in [2.45, 2.75) is 64.2 Å². The summed E-state index contributed by atoms with van der Waals surface area (Å²) in [7, 11) is 0. The van der Waals surface area contributed by atoms with E-state index in [1.54, 1.807) is 48.5 Å². The minimum atomic E-state index is -0.492. The summed E-state index contributed by atoms with van der Waals surface area (Å²) in [5.74, 6) is 0.224. The third kappa shape index (κ3) is 4.50. The summed E-state index contributed by atoms with van der Waals surface area (Å²) in [6.07, 6.45) is 9.52. The maximum absolute atomic E-state index is 15.0. The molecular formula is C27H30F2O. The molecule has 0 amide bonds. The molecule has 4 rings (SSSR count). The van der Waals surface area contributed by atoms with Crippen molar-refractivity contribution in [3.63, 3.8) is 0 Å². The first-order valence-electron chi connectivity index (χ1n) is 11.3. The van der Waals surface area contributed by atoms with Gasteiger partial charge >= 0.3 is 0 Å². The number of benzene rings is 3. The minimum absolute atomic E-state index is 0.0296. The zero-order valence-electron chi connectivity index (χ0n) is 17.6. The SMILES string of the molecule is CCCCCC1CCC(c2cc(F)c(-c3ccc4cc(O)ccc4c3)c(F)c2)CC1. The van der Waals surface area contributed by atoms with Gasteiger partial charge in [-0.3, -0.25) is 0 Å². The van der Waals surface area contributed by atoms with E-state index in [-0.39, 0.29) is 17.2 Å². The van der Waals surface area contributed by atoms with Crippen LogP contribution in [0.3, 0.4) is 0 Å². The van der Waals surface area contributed by atoms with Gasteiger partial charge in [-0.2, -0.15) is 0 Å². The molecule has 1 saturated carbocycles. The van der Waals surface area contributed by atoms with Gasteiger partial charge in [0.15, 0.2) is 0 Å². The minimum Gasteiger partial charge on any atom is -0.508 e. The van der Waals surface area contributed by atoms with E-state index in [0.717, 1.165) is 47.9 Å². The van der Waals surface area contributed by atoms with Crippen LogP contribution in [0.2, 0.25) is 0 Å². The molecule has 3 aromatic rings. The number of hydrogen-bond acceptors (Lipinski definition) is 1. The molecule has 158 valence electrons. The highest BCUT2D eigenvalue weighted by Gasteiger charge is 2.24. The quantitative estimate of drug-likeness (QED) is 0.406. The molecule has 3 aromatic carbocycles. The molecule has 0 spiro atoms. The Labute approximate surface area is 177 Å². The predicted molar refractivity (Wildman–Crippen MR) is 120 cm³/mol. The number of hydrogen-bond donors (Lipinski definition) is 1. The number of fused-ring (bicyclic) bond motifs is 1. The fourth-order valence-corrected chi connectivity index (χ4v) is 4.96. The molecule has 0 heterocycles. The van der Waals surface area contributed by atoms with Crippen LogP contribution in [0.15, 0.2) is 48.5 Å². The van der Waals surface area contributed by atoms with E-state index in [2.05, 4.69) is 6.92 Å². The molecule has 1 nitrogen and oxygen atoms in total. The highest BCUT2D eigenvalue weighted by molar-refractivity contribution is 5.88. The first-order valence-corrected chi connectivity index (χ1v) is 11.3. The normalized spacial score (nSPS) is 19.3. The summed E-state index contributed by atoms with van der Waals surface area (Å²) in [6, 6.07) is 13.4. The summed E-state index contributed by atoms with van der Waals surface area (Å²) in [5.41, 5.74) is 1.35. The molecule has 1 aliphatic rings. The van der Waals surface area contributed by atoms with Gasteiger partial charge < -0.3 is 5.11 Å². The standard InChI is InChI=1S/C27H30F2O/c1-2-3-4-5-18-6-8-19(9-7-18)23-16-25(28)27(26(29)17-23)22-11-10-21-15-24(30)13-12-20(21)14-22/h10-19,30H,2-9H2,1H3. The van der Waals surface area contributed by atoms with Crippen LogP contribution in [-0.4, -0.2) is 5.11 Å². The lowest BCUT2D eigenvalue weighted by Gasteiger charge is -2.29. The molecule has 3 heteroatoms. The van der Waals surface area contributed by atoms with Gasteiger partial charge in [0.2, 0.25) is 0 Å². The Bertz CT molecular complexity index is 996. The van der Waals surface area contributed by atoms with Gasteiger partial charge in [0.1, 0.15) is 17.4 Å². The number of rotatable bonds is 6. The maximum atomic E-state index is 15.0. The monoisotopic (exact) mass is 408 g/mol. The predicted octanol–water partition coefficient (Wildman–Crippen LogP) is 8.34. The lowest BCUT2D eigenvalue weighted by atomic mass is 9.76. The number of halogens is 2. The number of unbranched alkanes of at least 4 members (excludes halogenated alkanes) is 2. The molecule has 0 atom stereocenters. The van der Waals surface area contributed by atoms with E-state index in [1.165, 1.54) is 25.7 Å². The van der Waals surface area contributed by atoms with Gasteiger partial charge in [-0.1, -0.05) is 50.8 Å². The summed E-state index contributed by atoms with van der Waals surface area (Å²) in [5, 5.41) is 11.3. The highest BCUT2D eigenvalue weighted by atomic mass is 19.1. The van der Waals surface area contributed by atoms with E-state index in [4.69, 9.17) is 0 Å². The lowest BCUT2D eigenvalue weighted by Crippen LogP contribution is -2.14. The molecule has 0 bridgehead atoms. The van der Waals surface area contributed by atoms with Gasteiger partial charge in [-0.05, 0) is 89.8 Å². The molecule has 30 heavy (non-hydrogen) atoms. The van der Waals surface area contributed by atoms with Crippen molar-refractivity contribution >= 4 is 10.8 Å². The zero-order valence-corrected chi connectivity index (χ0v) is 17.6. The van der Waals surface area contributed by atoms with Gasteiger partial charge in [-0.25, -0.2) is 8.78 Å². The number of phenols is 1. The third-order valence-corrected chi connectivity index (χ3v) is 6.71. The van der Waals surface area contributed by atoms with Crippen molar-refractivity contribution < 1.29 is 13.9 Å². The summed E-state index contributed by atoms with van der Waals surface area (Å²) in [6.45, 7) is 2.23. The zero-order chi connectivity index (χ0) is 21.1. The topological polar surface area (TPSA) is 20.2 Å². The Morgan fingerprint density at radius 1 is 0.833 bits per heavy atom. The Morgan fingerprint density at radius 2 is 1.50 bits per heavy atom. The van der Waals surface area contributed by atoms with Crippen molar-refractivity contribution in [3.8, 4) is 16.9 Å². The molecule has 0 radical (unpaired) electrons. The molecule has 1 fully saturated rings. The van der Waals surface area contributed by atoms with Gasteiger partial charge in [0.05, 0.1) is 5.56 Å². The van der Waals surface area contributed by atoms with Crippen LogP contribution >= 0.6 is 0 Å². The molecule has 1 aliphatic carbocycles. The summed E-state index contributed by atoms with van der Waals surface area (Å²) >= 11 is 0. The van der Waals surface area contributed by atoms with Gasteiger partial charge in [0, 0.05) is 0 Å². The molecular weight excluding hydrogens is 378 g/mol. The van der Waals surface area contributed by atoms with Crippen molar-refractivity contribution in [1.29, 1.82) is 0 Å². The first-order chi connectivity index (χ1) is 14.5. The second kappa shape index (κ2) is 9.16. The first kappa shape index (κ1) is 20.8. The Kier molecular flexibility index (Phi) is 6.36. The summed E-state index contributed by atoms with van der Waals surface area (Å²) in [4.78, 5) is 0. The molecule has 0 aromatic heterocycles. The number of phenolic OH excluding ortho intramolecular Hbond substituents is 1. The molecule has 0 saturated heterocycles. The van der Waals surface area contributed by atoms with Crippen LogP contribution in [0, 0.1) is 17.6 Å². The molecule has 1 N–H and O–H groups in total. The molecule has 0 aliphatic heterocycles. The largest absolute Gasteiger partial charge is 0.508 e. The van der Waals surface area contributed by atoms with E-state index < -0.39 is 11.6 Å². The van der Waals surface area contributed by atoms with Crippen LogP contribution in [0.5, 0.6) is 5.75 Å². The van der Waals surface area contributed by atoms with Gasteiger partial charge in [0.25, 0.3) is 0 Å². The van der Waals surface area contributed by atoms with Crippen LogP contribution in [0.25, 0.3) is 21.9 Å². The Balaban J connectivity index is 1.52. The van der Waals surface area contributed by atoms with E-state index in [1.807, 2.05) is 0 Å². The maximum Gasteiger partial charge on any atom is 0.134 e. The van der Waals surface area contributed by atoms with Crippen LogP contribution in [0.1, 0.15) is 69.8 Å². The van der Waals surface area contributed by atoms with Crippen molar-refractivity contribution in [1.82, 2.24) is 0 Å². The molecule has 0 unspecified atom stereocenters. The fourth-order valence-electron chi connectivity index (χ4n) is 4.96. The van der Waals surface area contributed by atoms with Gasteiger partial charge in [-0.15, -0.1) is 0 Å². The second-order valence-corrected chi connectivity index (χ2v) is 8.82. The van der Waals surface area contributed by atoms with Crippen molar-refractivity contribution in [2.24, 2.45) is 5.92 Å². The second-order valence-electron chi connectivity index (χ2n) is 8.82. The van der Waals surface area contributed by atoms with E-state index >= 15 is 8.78 Å². The number of aromatic hydroxyl groups is 1. The Hall–Kier alpha value is -2.42. The lowest BCUT2D eigenvalue weighted by molar-refractivity contribution is 0.302. The third-order valence-electron chi connectivity index (χ3n) is 6.71. The average molecular weight is 409 g/mol. The van der Waals surface area contributed by atoms with Crippen LogP contribution in [-0.2, 0) is 0 Å². The van der Waals surface area contributed by atoms with Crippen molar-refractivity contribution in [3.05, 3.63) is 65.7 Å². The van der Waals surface area contributed by atoms with Crippen molar-refractivity contribution in [2.75, 3.05) is 0 Å².